The first-order valence-corrected chi connectivity index (χ1v) is 7.43. The van der Waals surface area contributed by atoms with Crippen molar-refractivity contribution >= 4 is 0 Å². The number of aromatic nitrogens is 1. The van der Waals surface area contributed by atoms with E-state index < -0.39 is 5.60 Å². The summed E-state index contributed by atoms with van der Waals surface area (Å²) < 4.78 is 0. The summed E-state index contributed by atoms with van der Waals surface area (Å²) in [5, 5.41) is 11.5. The van der Waals surface area contributed by atoms with E-state index in [9.17, 15) is 5.11 Å². The molecule has 0 radical (unpaired) electrons. The SMILES string of the molecule is Cc1ccnc(CC(O)(c2ccccc2)c2ccccc2)c1. The maximum Gasteiger partial charge on any atom is 0.120 e. The maximum atomic E-state index is 11.5. The molecule has 1 N–H and O–H groups in total. The highest BCUT2D eigenvalue weighted by molar-refractivity contribution is 5.37. The third kappa shape index (κ3) is 2.92. The van der Waals surface area contributed by atoms with Crippen LogP contribution in [0.5, 0.6) is 0 Å². The van der Waals surface area contributed by atoms with Gasteiger partial charge in [-0.3, -0.25) is 4.98 Å². The fourth-order valence-corrected chi connectivity index (χ4v) is 2.76. The van der Waals surface area contributed by atoms with Crippen LogP contribution in [0.25, 0.3) is 0 Å². The number of rotatable bonds is 4. The van der Waals surface area contributed by atoms with E-state index in [1.165, 1.54) is 0 Å². The number of nitrogens with zero attached hydrogens (tertiary/aromatic N) is 1. The normalized spacial score (nSPS) is 11.4. The summed E-state index contributed by atoms with van der Waals surface area (Å²) in [7, 11) is 0. The van der Waals surface area contributed by atoms with E-state index >= 15 is 0 Å². The van der Waals surface area contributed by atoms with Gasteiger partial charge in [-0.1, -0.05) is 60.7 Å². The minimum atomic E-state index is -1.08. The van der Waals surface area contributed by atoms with Crippen LogP contribution in [0.2, 0.25) is 0 Å². The fourth-order valence-electron chi connectivity index (χ4n) is 2.76. The standard InChI is InChI=1S/C20H19NO/c1-16-12-13-21-19(14-16)15-20(22,17-8-4-2-5-9-17)18-10-6-3-7-11-18/h2-14,22H,15H2,1H3. The third-order valence-electron chi connectivity index (χ3n) is 3.91. The molecule has 0 aliphatic carbocycles. The van der Waals surface area contributed by atoms with Gasteiger partial charge in [0.1, 0.15) is 5.60 Å². The molecule has 0 saturated carbocycles. The van der Waals surface area contributed by atoms with Gasteiger partial charge in [0.15, 0.2) is 0 Å². The highest BCUT2D eigenvalue weighted by Crippen LogP contribution is 2.32. The van der Waals surface area contributed by atoms with Crippen molar-refractivity contribution in [3.05, 3.63) is 101 Å². The lowest BCUT2D eigenvalue weighted by Crippen LogP contribution is -2.30. The number of pyridine rings is 1. The molecule has 0 unspecified atom stereocenters. The van der Waals surface area contributed by atoms with Gasteiger partial charge in [-0.05, 0) is 35.7 Å². The molecule has 2 heteroatoms. The number of aryl methyl sites for hydroxylation is 1. The first-order chi connectivity index (χ1) is 10.7. The minimum absolute atomic E-state index is 0.447. The smallest absolute Gasteiger partial charge is 0.120 e. The van der Waals surface area contributed by atoms with E-state index in [1.54, 1.807) is 6.20 Å². The Bertz CT molecular complexity index is 698. The van der Waals surface area contributed by atoms with Crippen molar-refractivity contribution in [2.45, 2.75) is 18.9 Å². The van der Waals surface area contributed by atoms with Gasteiger partial charge in [0, 0.05) is 18.3 Å². The molecule has 0 bridgehead atoms. The van der Waals surface area contributed by atoms with Gasteiger partial charge in [0.25, 0.3) is 0 Å². The van der Waals surface area contributed by atoms with Crippen LogP contribution in [0.15, 0.2) is 79.0 Å². The summed E-state index contributed by atoms with van der Waals surface area (Å²) in [4.78, 5) is 4.42. The molecular weight excluding hydrogens is 270 g/mol. The lowest BCUT2D eigenvalue weighted by molar-refractivity contribution is 0.0800. The quantitative estimate of drug-likeness (QED) is 0.791. The van der Waals surface area contributed by atoms with E-state index in [4.69, 9.17) is 0 Å². The molecule has 0 fully saturated rings. The van der Waals surface area contributed by atoms with E-state index in [1.807, 2.05) is 79.7 Å². The van der Waals surface area contributed by atoms with Gasteiger partial charge in [-0.25, -0.2) is 0 Å². The summed E-state index contributed by atoms with van der Waals surface area (Å²) >= 11 is 0. The van der Waals surface area contributed by atoms with E-state index in [0.29, 0.717) is 6.42 Å². The number of hydrogen-bond donors (Lipinski definition) is 1. The average molecular weight is 289 g/mol. The van der Waals surface area contributed by atoms with Crippen molar-refractivity contribution in [3.63, 3.8) is 0 Å². The van der Waals surface area contributed by atoms with E-state index in [2.05, 4.69) is 4.98 Å². The summed E-state index contributed by atoms with van der Waals surface area (Å²) in [6, 6.07) is 23.6. The zero-order valence-corrected chi connectivity index (χ0v) is 12.6. The Balaban J connectivity index is 2.08. The van der Waals surface area contributed by atoms with E-state index in [0.717, 1.165) is 22.4 Å². The molecule has 0 saturated heterocycles. The predicted octanol–water partition coefficient (Wildman–Crippen LogP) is 3.87. The van der Waals surface area contributed by atoms with Crippen LogP contribution in [-0.4, -0.2) is 10.1 Å². The highest BCUT2D eigenvalue weighted by atomic mass is 16.3. The number of benzene rings is 2. The molecule has 0 atom stereocenters. The summed E-state index contributed by atoms with van der Waals surface area (Å²) in [6.07, 6.45) is 2.24. The Hall–Kier alpha value is -2.45. The van der Waals surface area contributed by atoms with Gasteiger partial charge in [0.2, 0.25) is 0 Å². The summed E-state index contributed by atoms with van der Waals surface area (Å²) in [6.45, 7) is 2.04. The maximum absolute atomic E-state index is 11.5. The van der Waals surface area contributed by atoms with Gasteiger partial charge in [-0.2, -0.15) is 0 Å². The Morgan fingerprint density at radius 1 is 0.864 bits per heavy atom. The first-order valence-electron chi connectivity index (χ1n) is 7.43. The first kappa shape index (κ1) is 14.5. The molecule has 110 valence electrons. The van der Waals surface area contributed by atoms with Gasteiger partial charge in [0.05, 0.1) is 0 Å². The fraction of sp³-hybridized carbons (Fsp3) is 0.150. The molecule has 2 nitrogen and oxygen atoms in total. The van der Waals surface area contributed by atoms with E-state index in [-0.39, 0.29) is 0 Å². The molecule has 3 aromatic rings. The van der Waals surface area contributed by atoms with Crippen molar-refractivity contribution < 1.29 is 5.11 Å². The molecule has 22 heavy (non-hydrogen) atoms. The van der Waals surface area contributed by atoms with Gasteiger partial charge < -0.3 is 5.11 Å². The zero-order valence-electron chi connectivity index (χ0n) is 12.6. The molecule has 3 rings (SSSR count). The van der Waals surface area contributed by atoms with Crippen LogP contribution in [0, 0.1) is 6.92 Å². The Morgan fingerprint density at radius 2 is 1.41 bits per heavy atom. The van der Waals surface area contributed by atoms with Crippen LogP contribution in [0.4, 0.5) is 0 Å². The van der Waals surface area contributed by atoms with Crippen molar-refractivity contribution in [2.24, 2.45) is 0 Å². The Kier molecular flexibility index (Phi) is 4.03. The summed E-state index contributed by atoms with van der Waals surface area (Å²) in [5.74, 6) is 0. The van der Waals surface area contributed by atoms with Crippen molar-refractivity contribution in [1.29, 1.82) is 0 Å². The Labute approximate surface area is 131 Å². The van der Waals surface area contributed by atoms with Crippen LogP contribution in [-0.2, 0) is 12.0 Å². The number of hydrogen-bond acceptors (Lipinski definition) is 2. The molecule has 2 aromatic carbocycles. The second-order valence-electron chi connectivity index (χ2n) is 5.59. The largest absolute Gasteiger partial charge is 0.380 e. The zero-order chi connectivity index (χ0) is 15.4. The average Bonchev–Trinajstić information content (AvgIpc) is 2.56. The molecule has 0 amide bonds. The second-order valence-corrected chi connectivity index (χ2v) is 5.59. The third-order valence-corrected chi connectivity index (χ3v) is 3.91. The molecular formula is C20H19NO. The van der Waals surface area contributed by atoms with Crippen molar-refractivity contribution in [2.75, 3.05) is 0 Å². The van der Waals surface area contributed by atoms with Crippen LogP contribution in [0.3, 0.4) is 0 Å². The van der Waals surface area contributed by atoms with Crippen molar-refractivity contribution in [3.8, 4) is 0 Å². The van der Waals surface area contributed by atoms with Crippen LogP contribution >= 0.6 is 0 Å². The van der Waals surface area contributed by atoms with Gasteiger partial charge >= 0.3 is 0 Å². The molecule has 0 aliphatic rings. The molecule has 0 spiro atoms. The van der Waals surface area contributed by atoms with Crippen molar-refractivity contribution in [1.82, 2.24) is 4.98 Å². The van der Waals surface area contributed by atoms with Crippen LogP contribution in [0.1, 0.15) is 22.4 Å². The highest BCUT2D eigenvalue weighted by Gasteiger charge is 2.32. The van der Waals surface area contributed by atoms with Crippen LogP contribution < -0.4 is 0 Å². The minimum Gasteiger partial charge on any atom is -0.380 e. The molecule has 1 aromatic heterocycles. The second kappa shape index (κ2) is 6.12. The van der Waals surface area contributed by atoms with Gasteiger partial charge in [-0.15, -0.1) is 0 Å². The molecule has 0 aliphatic heterocycles. The Morgan fingerprint density at radius 3 is 1.91 bits per heavy atom. The number of aliphatic hydroxyl groups is 1. The molecule has 1 heterocycles. The predicted molar refractivity (Wildman–Crippen MR) is 88.6 cm³/mol. The lowest BCUT2D eigenvalue weighted by Gasteiger charge is -2.29. The lowest BCUT2D eigenvalue weighted by atomic mass is 9.82. The monoisotopic (exact) mass is 289 g/mol. The topological polar surface area (TPSA) is 33.1 Å². The summed E-state index contributed by atoms with van der Waals surface area (Å²) in [5.41, 5.74) is 2.71.